The summed E-state index contributed by atoms with van der Waals surface area (Å²) in [5, 5.41) is 12.7. The molecule has 3 atom stereocenters. The van der Waals surface area contributed by atoms with Crippen LogP contribution in [0.3, 0.4) is 0 Å². The van der Waals surface area contributed by atoms with E-state index in [1.54, 1.807) is 13.0 Å². The van der Waals surface area contributed by atoms with E-state index in [-0.39, 0.29) is 24.0 Å². The van der Waals surface area contributed by atoms with Gasteiger partial charge in [0.25, 0.3) is 0 Å². The molecule has 1 aromatic heterocycles. The fourth-order valence-electron chi connectivity index (χ4n) is 1.93. The average Bonchev–Trinajstić information content (AvgIpc) is 2.26. The molecule has 0 radical (unpaired) electrons. The predicted octanol–water partition coefficient (Wildman–Crippen LogP) is 2.42. The number of hydrogen-bond acceptors (Lipinski definition) is 3. The lowest BCUT2D eigenvalue weighted by atomic mass is 10.1. The fraction of sp³-hybridized carbons (Fsp3) is 0.615. The number of aliphatic hydroxyl groups excluding tert-OH is 1. The summed E-state index contributed by atoms with van der Waals surface area (Å²) in [5.74, 6) is -0.319. The van der Waals surface area contributed by atoms with Crippen molar-refractivity contribution in [2.75, 3.05) is 0 Å². The van der Waals surface area contributed by atoms with Crippen LogP contribution in [0, 0.1) is 5.82 Å². The number of rotatable bonds is 6. The Labute approximate surface area is 102 Å². The van der Waals surface area contributed by atoms with E-state index in [9.17, 15) is 9.50 Å². The molecule has 1 rings (SSSR count). The molecule has 17 heavy (non-hydrogen) atoms. The summed E-state index contributed by atoms with van der Waals surface area (Å²) >= 11 is 0. The molecule has 1 heterocycles. The lowest BCUT2D eigenvalue weighted by molar-refractivity contribution is 0.167. The van der Waals surface area contributed by atoms with E-state index in [0.717, 1.165) is 12.1 Å². The quantitative estimate of drug-likeness (QED) is 0.802. The number of nitrogens with zero attached hydrogens (tertiary/aromatic N) is 1. The minimum absolute atomic E-state index is 0.101. The van der Waals surface area contributed by atoms with Gasteiger partial charge in [-0.15, -0.1) is 0 Å². The Balaban J connectivity index is 2.62. The molecule has 1 aromatic rings. The number of aliphatic hydroxyl groups is 1. The zero-order valence-electron chi connectivity index (χ0n) is 10.7. The van der Waals surface area contributed by atoms with Crippen LogP contribution < -0.4 is 5.32 Å². The molecule has 0 aromatic carbocycles. The van der Waals surface area contributed by atoms with Crippen LogP contribution in [0.2, 0.25) is 0 Å². The van der Waals surface area contributed by atoms with Crippen LogP contribution >= 0.6 is 0 Å². The molecule has 0 amide bonds. The molecule has 0 aliphatic rings. The first-order chi connectivity index (χ1) is 8.02. The largest absolute Gasteiger partial charge is 0.393 e. The maximum Gasteiger partial charge on any atom is 0.141 e. The van der Waals surface area contributed by atoms with Gasteiger partial charge in [0.05, 0.1) is 18.0 Å². The highest BCUT2D eigenvalue weighted by Gasteiger charge is 2.14. The van der Waals surface area contributed by atoms with Crippen molar-refractivity contribution in [3.8, 4) is 0 Å². The number of nitrogens with one attached hydrogen (secondary N) is 1. The first kappa shape index (κ1) is 14.1. The molecule has 3 unspecified atom stereocenters. The Morgan fingerprint density at radius 1 is 1.41 bits per heavy atom. The van der Waals surface area contributed by atoms with E-state index in [4.69, 9.17) is 0 Å². The van der Waals surface area contributed by atoms with Gasteiger partial charge < -0.3 is 10.4 Å². The predicted molar refractivity (Wildman–Crippen MR) is 66.1 cm³/mol. The fourth-order valence-corrected chi connectivity index (χ4v) is 1.93. The van der Waals surface area contributed by atoms with Gasteiger partial charge in [-0.1, -0.05) is 6.92 Å². The van der Waals surface area contributed by atoms with Crippen molar-refractivity contribution >= 4 is 0 Å². The van der Waals surface area contributed by atoms with Crippen molar-refractivity contribution < 1.29 is 9.50 Å². The zero-order chi connectivity index (χ0) is 12.8. The van der Waals surface area contributed by atoms with Crippen LogP contribution in [0.4, 0.5) is 4.39 Å². The second-order valence-corrected chi connectivity index (χ2v) is 4.51. The first-order valence-electron chi connectivity index (χ1n) is 6.08. The number of halogens is 1. The molecular weight excluding hydrogens is 219 g/mol. The number of pyridine rings is 1. The van der Waals surface area contributed by atoms with Crippen LogP contribution in [-0.4, -0.2) is 22.2 Å². The maximum absolute atomic E-state index is 12.8. The Morgan fingerprint density at radius 3 is 2.59 bits per heavy atom. The van der Waals surface area contributed by atoms with Crippen LogP contribution in [0.1, 0.15) is 45.3 Å². The van der Waals surface area contributed by atoms with Crippen molar-refractivity contribution in [1.29, 1.82) is 0 Å². The Kier molecular flexibility index (Phi) is 5.51. The lowest BCUT2D eigenvalue weighted by Gasteiger charge is -2.22. The molecular formula is C13H21FN2O. The van der Waals surface area contributed by atoms with Crippen LogP contribution in [0.5, 0.6) is 0 Å². The van der Waals surface area contributed by atoms with E-state index in [2.05, 4.69) is 17.2 Å². The topological polar surface area (TPSA) is 45.1 Å². The van der Waals surface area contributed by atoms with Crippen LogP contribution in [0.25, 0.3) is 0 Å². The SMILES string of the molecule is CCC(NC(C)CC(C)O)c1ccc(F)cn1. The maximum atomic E-state index is 12.8. The zero-order valence-corrected chi connectivity index (χ0v) is 10.7. The second kappa shape index (κ2) is 6.67. The Hall–Kier alpha value is -1.00. The second-order valence-electron chi connectivity index (χ2n) is 4.51. The third-order valence-corrected chi connectivity index (χ3v) is 2.70. The molecule has 4 heteroatoms. The molecule has 96 valence electrons. The van der Waals surface area contributed by atoms with Crippen molar-refractivity contribution in [2.45, 2.75) is 51.8 Å². The van der Waals surface area contributed by atoms with Gasteiger partial charge in [-0.05, 0) is 38.8 Å². The van der Waals surface area contributed by atoms with Crippen molar-refractivity contribution in [2.24, 2.45) is 0 Å². The summed E-state index contributed by atoms with van der Waals surface area (Å²) in [7, 11) is 0. The summed E-state index contributed by atoms with van der Waals surface area (Å²) in [6.45, 7) is 5.85. The van der Waals surface area contributed by atoms with Crippen molar-refractivity contribution in [1.82, 2.24) is 10.3 Å². The van der Waals surface area contributed by atoms with Gasteiger partial charge in [-0.25, -0.2) is 4.39 Å². The highest BCUT2D eigenvalue weighted by molar-refractivity contribution is 5.09. The van der Waals surface area contributed by atoms with Gasteiger partial charge in [0, 0.05) is 12.1 Å². The van der Waals surface area contributed by atoms with E-state index in [0.29, 0.717) is 6.42 Å². The monoisotopic (exact) mass is 240 g/mol. The third kappa shape index (κ3) is 4.79. The summed E-state index contributed by atoms with van der Waals surface area (Å²) in [6.07, 6.45) is 2.48. The molecule has 3 nitrogen and oxygen atoms in total. The minimum Gasteiger partial charge on any atom is -0.393 e. The van der Waals surface area contributed by atoms with E-state index >= 15 is 0 Å². The molecule has 0 fully saturated rings. The van der Waals surface area contributed by atoms with Gasteiger partial charge in [0.2, 0.25) is 0 Å². The molecule has 0 aliphatic heterocycles. The number of aromatic nitrogens is 1. The minimum atomic E-state index is -0.323. The summed E-state index contributed by atoms with van der Waals surface area (Å²) in [5.41, 5.74) is 0.839. The molecule has 2 N–H and O–H groups in total. The summed E-state index contributed by atoms with van der Waals surface area (Å²) < 4.78 is 12.8. The van der Waals surface area contributed by atoms with Gasteiger partial charge >= 0.3 is 0 Å². The van der Waals surface area contributed by atoms with E-state index < -0.39 is 0 Å². The summed E-state index contributed by atoms with van der Waals surface area (Å²) in [6, 6.07) is 3.42. The standard InChI is InChI=1S/C13H21FN2O/c1-4-12(16-9(2)7-10(3)17)13-6-5-11(14)8-15-13/h5-6,8-10,12,16-17H,4,7H2,1-3H3. The lowest BCUT2D eigenvalue weighted by Crippen LogP contribution is -2.33. The van der Waals surface area contributed by atoms with E-state index in [1.165, 1.54) is 12.3 Å². The smallest absolute Gasteiger partial charge is 0.141 e. The first-order valence-corrected chi connectivity index (χ1v) is 6.08. The number of hydrogen-bond donors (Lipinski definition) is 2. The van der Waals surface area contributed by atoms with Gasteiger partial charge in [0.15, 0.2) is 0 Å². The molecule has 0 bridgehead atoms. The molecule has 0 saturated carbocycles. The van der Waals surface area contributed by atoms with E-state index in [1.807, 2.05) is 6.92 Å². The Morgan fingerprint density at radius 2 is 2.12 bits per heavy atom. The third-order valence-electron chi connectivity index (χ3n) is 2.70. The van der Waals surface area contributed by atoms with Crippen LogP contribution in [-0.2, 0) is 0 Å². The normalized spacial score (nSPS) is 16.5. The summed E-state index contributed by atoms with van der Waals surface area (Å²) in [4.78, 5) is 4.08. The molecule has 0 aliphatic carbocycles. The van der Waals surface area contributed by atoms with Crippen molar-refractivity contribution in [3.05, 3.63) is 29.8 Å². The van der Waals surface area contributed by atoms with Gasteiger partial charge in [0.1, 0.15) is 5.82 Å². The highest BCUT2D eigenvalue weighted by Crippen LogP contribution is 2.16. The van der Waals surface area contributed by atoms with Gasteiger partial charge in [-0.2, -0.15) is 0 Å². The van der Waals surface area contributed by atoms with Crippen LogP contribution in [0.15, 0.2) is 18.3 Å². The molecule has 0 spiro atoms. The van der Waals surface area contributed by atoms with Crippen molar-refractivity contribution in [3.63, 3.8) is 0 Å². The highest BCUT2D eigenvalue weighted by atomic mass is 19.1. The average molecular weight is 240 g/mol. The van der Waals surface area contributed by atoms with Gasteiger partial charge in [-0.3, -0.25) is 4.98 Å². The molecule has 0 saturated heterocycles. The Bertz CT molecular complexity index is 327.